The van der Waals surface area contributed by atoms with Crippen molar-refractivity contribution in [3.63, 3.8) is 0 Å². The average molecular weight is 517 g/mol. The van der Waals surface area contributed by atoms with Gasteiger partial charge in [0, 0.05) is 19.4 Å². The van der Waals surface area contributed by atoms with Crippen LogP contribution in [0.2, 0.25) is 0 Å². The van der Waals surface area contributed by atoms with Gasteiger partial charge in [-0.15, -0.1) is 11.3 Å². The molecular formula is C23H21BrN2O5S. The number of carbonyl (C=O) groups is 3. The lowest BCUT2D eigenvalue weighted by Gasteiger charge is -2.35. The van der Waals surface area contributed by atoms with Gasteiger partial charge >= 0.3 is 5.97 Å². The molecule has 1 N–H and O–H groups in total. The van der Waals surface area contributed by atoms with Crippen molar-refractivity contribution in [1.82, 2.24) is 5.16 Å². The average Bonchev–Trinajstić information content (AvgIpc) is 3.33. The molecule has 1 aromatic carbocycles. The lowest BCUT2D eigenvalue weighted by Crippen LogP contribution is -2.41. The third kappa shape index (κ3) is 4.02. The van der Waals surface area contributed by atoms with Crippen LogP contribution in [0.3, 0.4) is 0 Å². The SMILES string of the molecule is CCOC(=O)c1c(NC(C)=O)sc2c1CCC(Cc1cc(Br)no1)(c1ccccc1)C2=O. The van der Waals surface area contributed by atoms with E-state index in [1.54, 1.807) is 13.0 Å². The first kappa shape index (κ1) is 22.4. The summed E-state index contributed by atoms with van der Waals surface area (Å²) >= 11 is 4.43. The molecule has 0 spiro atoms. The number of hydrogen-bond acceptors (Lipinski definition) is 7. The molecule has 9 heteroatoms. The summed E-state index contributed by atoms with van der Waals surface area (Å²) in [5, 5.41) is 6.95. The molecule has 1 unspecified atom stereocenters. The minimum atomic E-state index is -0.877. The van der Waals surface area contributed by atoms with Crippen LogP contribution in [0, 0.1) is 0 Å². The molecule has 0 radical (unpaired) electrons. The number of rotatable bonds is 6. The fourth-order valence-electron chi connectivity index (χ4n) is 4.20. The zero-order valence-corrected chi connectivity index (χ0v) is 20.0. The number of nitrogens with one attached hydrogen (secondary N) is 1. The molecule has 1 atom stereocenters. The highest BCUT2D eigenvalue weighted by molar-refractivity contribution is 9.10. The third-order valence-corrected chi connectivity index (χ3v) is 7.07. The molecule has 166 valence electrons. The number of benzene rings is 1. The van der Waals surface area contributed by atoms with Gasteiger partial charge in [-0.1, -0.05) is 35.5 Å². The Hall–Kier alpha value is -2.78. The first-order chi connectivity index (χ1) is 15.4. The van der Waals surface area contributed by atoms with Gasteiger partial charge in [0.2, 0.25) is 5.91 Å². The smallest absolute Gasteiger partial charge is 0.341 e. The lowest BCUT2D eigenvalue weighted by molar-refractivity contribution is -0.114. The fraction of sp³-hybridized carbons (Fsp3) is 0.304. The number of amides is 1. The van der Waals surface area contributed by atoms with Crippen molar-refractivity contribution in [2.24, 2.45) is 0 Å². The number of halogens is 1. The van der Waals surface area contributed by atoms with E-state index < -0.39 is 11.4 Å². The molecule has 2 heterocycles. The van der Waals surface area contributed by atoms with Crippen molar-refractivity contribution >= 4 is 49.9 Å². The molecule has 1 aliphatic carbocycles. The lowest BCUT2D eigenvalue weighted by atomic mass is 9.66. The quantitative estimate of drug-likeness (QED) is 0.465. The maximum Gasteiger partial charge on any atom is 0.341 e. The first-order valence-electron chi connectivity index (χ1n) is 10.2. The van der Waals surface area contributed by atoms with Crippen LogP contribution in [0.4, 0.5) is 5.00 Å². The molecule has 0 aliphatic heterocycles. The van der Waals surface area contributed by atoms with Gasteiger partial charge in [-0.3, -0.25) is 9.59 Å². The molecule has 0 fully saturated rings. The molecule has 1 aliphatic rings. The number of ketones is 1. The Morgan fingerprint density at radius 1 is 1.31 bits per heavy atom. The van der Waals surface area contributed by atoms with Crippen LogP contribution in [0.1, 0.15) is 57.2 Å². The molecule has 0 saturated carbocycles. The van der Waals surface area contributed by atoms with Gasteiger partial charge in [0.1, 0.15) is 15.4 Å². The minimum absolute atomic E-state index is 0.107. The van der Waals surface area contributed by atoms with Crippen LogP contribution in [-0.2, 0) is 27.8 Å². The highest BCUT2D eigenvalue weighted by atomic mass is 79.9. The minimum Gasteiger partial charge on any atom is -0.462 e. The summed E-state index contributed by atoms with van der Waals surface area (Å²) in [6.45, 7) is 3.28. The molecule has 0 bridgehead atoms. The summed E-state index contributed by atoms with van der Waals surface area (Å²) in [6.07, 6.45) is 1.29. The van der Waals surface area contributed by atoms with E-state index in [-0.39, 0.29) is 23.9 Å². The third-order valence-electron chi connectivity index (χ3n) is 5.55. The second kappa shape index (κ2) is 8.99. The van der Waals surface area contributed by atoms with Gasteiger partial charge in [0.25, 0.3) is 0 Å². The van der Waals surface area contributed by atoms with Gasteiger partial charge < -0.3 is 14.6 Å². The molecule has 1 amide bonds. The summed E-state index contributed by atoms with van der Waals surface area (Å²) in [5.74, 6) is -0.373. The van der Waals surface area contributed by atoms with Crippen LogP contribution in [0.5, 0.6) is 0 Å². The van der Waals surface area contributed by atoms with Gasteiger partial charge in [-0.2, -0.15) is 0 Å². The number of hydrogen-bond donors (Lipinski definition) is 1. The van der Waals surface area contributed by atoms with Crippen molar-refractivity contribution in [1.29, 1.82) is 0 Å². The van der Waals surface area contributed by atoms with E-state index in [1.165, 1.54) is 6.92 Å². The number of thiophene rings is 1. The van der Waals surface area contributed by atoms with E-state index in [2.05, 4.69) is 26.4 Å². The predicted octanol–water partition coefficient (Wildman–Crippen LogP) is 4.94. The number of anilines is 1. The number of aromatic nitrogens is 1. The molecular weight excluding hydrogens is 496 g/mol. The summed E-state index contributed by atoms with van der Waals surface area (Å²) in [6, 6.07) is 11.3. The van der Waals surface area contributed by atoms with E-state index in [4.69, 9.17) is 9.26 Å². The van der Waals surface area contributed by atoms with Crippen LogP contribution in [0.15, 0.2) is 45.5 Å². The number of carbonyl (C=O) groups excluding carboxylic acids is 3. The van der Waals surface area contributed by atoms with Crippen molar-refractivity contribution in [3.05, 3.63) is 68.3 Å². The van der Waals surface area contributed by atoms with Gasteiger partial charge in [0.15, 0.2) is 5.78 Å². The van der Waals surface area contributed by atoms with Crippen molar-refractivity contribution in [2.45, 2.75) is 38.5 Å². The van der Waals surface area contributed by atoms with Crippen molar-refractivity contribution in [3.8, 4) is 0 Å². The Bertz CT molecular complexity index is 1190. The standard InChI is InChI=1S/C23H21BrN2O5S/c1-3-30-22(29)18-16-9-10-23(14-7-5-4-6-8-14,12-15-11-17(24)26-31-15)20(28)19(16)32-21(18)25-13(2)27/h4-8,11H,3,9-10,12H2,1-2H3,(H,25,27). The number of Topliss-reactive ketones (excluding diaryl/α,β-unsaturated/α-hetero) is 1. The zero-order chi connectivity index (χ0) is 22.9. The number of esters is 1. The highest BCUT2D eigenvalue weighted by Gasteiger charge is 2.47. The Morgan fingerprint density at radius 2 is 2.06 bits per heavy atom. The van der Waals surface area contributed by atoms with E-state index in [9.17, 15) is 14.4 Å². The Balaban J connectivity index is 1.85. The highest BCUT2D eigenvalue weighted by Crippen LogP contribution is 2.47. The second-order valence-electron chi connectivity index (χ2n) is 7.59. The zero-order valence-electron chi connectivity index (χ0n) is 17.6. The predicted molar refractivity (Wildman–Crippen MR) is 123 cm³/mol. The Morgan fingerprint density at radius 3 is 2.69 bits per heavy atom. The summed E-state index contributed by atoms with van der Waals surface area (Å²) in [7, 11) is 0. The summed E-state index contributed by atoms with van der Waals surface area (Å²) in [5.41, 5.74) is 0.902. The molecule has 32 heavy (non-hydrogen) atoms. The van der Waals surface area contributed by atoms with Crippen LogP contribution >= 0.6 is 27.3 Å². The Labute approximate surface area is 197 Å². The van der Waals surface area contributed by atoms with Gasteiger partial charge in [0.05, 0.1) is 22.5 Å². The fourth-order valence-corrected chi connectivity index (χ4v) is 5.85. The maximum atomic E-state index is 14.1. The summed E-state index contributed by atoms with van der Waals surface area (Å²) in [4.78, 5) is 39.0. The van der Waals surface area contributed by atoms with Gasteiger partial charge in [-0.05, 0) is 46.8 Å². The van der Waals surface area contributed by atoms with Crippen LogP contribution < -0.4 is 5.32 Å². The largest absolute Gasteiger partial charge is 0.462 e. The molecule has 2 aromatic heterocycles. The monoisotopic (exact) mass is 516 g/mol. The van der Waals surface area contributed by atoms with E-state index in [0.29, 0.717) is 45.1 Å². The normalized spacial score (nSPS) is 17.7. The Kier molecular flexibility index (Phi) is 6.30. The van der Waals surface area contributed by atoms with Crippen LogP contribution in [0.25, 0.3) is 0 Å². The molecule has 7 nitrogen and oxygen atoms in total. The van der Waals surface area contributed by atoms with Crippen molar-refractivity contribution < 1.29 is 23.6 Å². The molecule has 0 saturated heterocycles. The second-order valence-corrected chi connectivity index (χ2v) is 9.42. The van der Waals surface area contributed by atoms with Gasteiger partial charge in [-0.25, -0.2) is 4.79 Å². The number of ether oxygens (including phenoxy) is 1. The van der Waals surface area contributed by atoms with E-state index in [1.807, 2.05) is 30.3 Å². The first-order valence-corrected chi connectivity index (χ1v) is 11.8. The topological polar surface area (TPSA) is 98.5 Å². The molecule has 3 aromatic rings. The maximum absolute atomic E-state index is 14.1. The van der Waals surface area contributed by atoms with Crippen molar-refractivity contribution in [2.75, 3.05) is 11.9 Å². The molecule has 4 rings (SSSR count). The summed E-state index contributed by atoms with van der Waals surface area (Å²) < 4.78 is 11.2. The number of fused-ring (bicyclic) bond motifs is 1. The number of nitrogens with zero attached hydrogens (tertiary/aromatic N) is 1. The van der Waals surface area contributed by atoms with E-state index in [0.717, 1.165) is 16.9 Å². The van der Waals surface area contributed by atoms with Crippen LogP contribution in [-0.4, -0.2) is 29.4 Å². The van der Waals surface area contributed by atoms with E-state index >= 15 is 0 Å².